The van der Waals surface area contributed by atoms with Gasteiger partial charge in [-0.15, -0.1) is 0 Å². The van der Waals surface area contributed by atoms with Gasteiger partial charge >= 0.3 is 0 Å². The molecule has 0 saturated carbocycles. The molecule has 0 aliphatic heterocycles. The largest absolute Gasteiger partial charge is 0.496 e. The monoisotopic (exact) mass is 464 g/mol. The zero-order chi connectivity index (χ0) is 21.9. The Hall–Kier alpha value is -2.74. The van der Waals surface area contributed by atoms with E-state index in [1.807, 2.05) is 6.92 Å². The lowest BCUT2D eigenvalue weighted by Crippen LogP contribution is -2.15. The maximum absolute atomic E-state index is 12.6. The lowest BCUT2D eigenvalue weighted by atomic mass is 10.2. The number of carbonyl (C=O) groups excluding carboxylic acids is 1. The summed E-state index contributed by atoms with van der Waals surface area (Å²) in [6, 6.07) is 15.4. The van der Waals surface area contributed by atoms with Crippen LogP contribution in [0, 0.1) is 6.92 Å². The zero-order valence-electron chi connectivity index (χ0n) is 16.1. The quantitative estimate of drug-likeness (QED) is 0.513. The topological polar surface area (TPSA) is 84.5 Å². The first-order valence-corrected chi connectivity index (χ1v) is 11.0. The van der Waals surface area contributed by atoms with Crippen LogP contribution in [0.3, 0.4) is 0 Å². The number of amides is 1. The van der Waals surface area contributed by atoms with E-state index in [4.69, 9.17) is 27.9 Å². The molecule has 30 heavy (non-hydrogen) atoms. The Morgan fingerprint density at radius 1 is 0.933 bits per heavy atom. The molecular formula is C21H18Cl2N2O4S. The summed E-state index contributed by atoms with van der Waals surface area (Å²) in [4.78, 5) is 12.6. The number of sulfonamides is 1. The molecule has 6 nitrogen and oxygen atoms in total. The number of anilines is 2. The van der Waals surface area contributed by atoms with Gasteiger partial charge in [0.05, 0.1) is 23.3 Å². The highest BCUT2D eigenvalue weighted by Gasteiger charge is 2.16. The normalized spacial score (nSPS) is 11.1. The van der Waals surface area contributed by atoms with E-state index >= 15 is 0 Å². The Kier molecular flexibility index (Phi) is 6.55. The molecule has 0 fully saturated rings. The van der Waals surface area contributed by atoms with Crippen molar-refractivity contribution in [3.05, 3.63) is 81.8 Å². The van der Waals surface area contributed by atoms with Gasteiger partial charge in [-0.3, -0.25) is 9.52 Å². The molecule has 0 aromatic heterocycles. The zero-order valence-corrected chi connectivity index (χ0v) is 18.4. The fourth-order valence-corrected chi connectivity index (χ4v) is 4.05. The Morgan fingerprint density at radius 3 is 2.23 bits per heavy atom. The van der Waals surface area contributed by atoms with Crippen molar-refractivity contribution in [1.29, 1.82) is 0 Å². The van der Waals surface area contributed by atoms with Crippen molar-refractivity contribution in [2.75, 3.05) is 17.1 Å². The Labute approximate surface area is 184 Å². The highest BCUT2D eigenvalue weighted by molar-refractivity contribution is 7.92. The van der Waals surface area contributed by atoms with Gasteiger partial charge in [0, 0.05) is 15.7 Å². The van der Waals surface area contributed by atoms with Crippen molar-refractivity contribution in [3.63, 3.8) is 0 Å². The molecule has 1 amide bonds. The van der Waals surface area contributed by atoms with Crippen LogP contribution >= 0.6 is 23.2 Å². The highest BCUT2D eigenvalue weighted by atomic mass is 35.5. The first-order valence-electron chi connectivity index (χ1n) is 8.73. The molecule has 3 aromatic carbocycles. The average molecular weight is 465 g/mol. The van der Waals surface area contributed by atoms with Crippen LogP contribution in [-0.4, -0.2) is 21.4 Å². The minimum absolute atomic E-state index is 0.0394. The Morgan fingerprint density at radius 2 is 1.60 bits per heavy atom. The van der Waals surface area contributed by atoms with Crippen molar-refractivity contribution < 1.29 is 17.9 Å². The number of rotatable bonds is 6. The summed E-state index contributed by atoms with van der Waals surface area (Å²) >= 11 is 12.0. The van der Waals surface area contributed by atoms with Gasteiger partial charge in [-0.1, -0.05) is 29.3 Å². The summed E-state index contributed by atoms with van der Waals surface area (Å²) in [5.41, 5.74) is 1.88. The average Bonchev–Trinajstić information content (AvgIpc) is 2.71. The molecule has 0 bridgehead atoms. The van der Waals surface area contributed by atoms with Gasteiger partial charge in [0.25, 0.3) is 15.9 Å². The third kappa shape index (κ3) is 5.05. The van der Waals surface area contributed by atoms with E-state index in [-0.39, 0.29) is 10.5 Å². The third-order valence-corrected chi connectivity index (χ3v) is 6.29. The van der Waals surface area contributed by atoms with Crippen LogP contribution in [0.5, 0.6) is 5.75 Å². The van der Waals surface area contributed by atoms with Crippen LogP contribution in [0.4, 0.5) is 11.4 Å². The molecule has 0 radical (unpaired) electrons. The number of carbonyl (C=O) groups is 1. The van der Waals surface area contributed by atoms with Crippen LogP contribution in [0.15, 0.2) is 65.6 Å². The number of hydrogen-bond donors (Lipinski definition) is 2. The summed E-state index contributed by atoms with van der Waals surface area (Å²) in [6.07, 6.45) is 0. The molecule has 9 heteroatoms. The molecule has 2 N–H and O–H groups in total. The van der Waals surface area contributed by atoms with E-state index in [1.165, 1.54) is 37.4 Å². The minimum atomic E-state index is -3.82. The number of halogens is 2. The number of benzene rings is 3. The van der Waals surface area contributed by atoms with Gasteiger partial charge in [-0.25, -0.2) is 8.42 Å². The van der Waals surface area contributed by atoms with Crippen molar-refractivity contribution in [1.82, 2.24) is 0 Å². The highest BCUT2D eigenvalue weighted by Crippen LogP contribution is 2.25. The lowest BCUT2D eigenvalue weighted by molar-refractivity contribution is 0.102. The third-order valence-electron chi connectivity index (χ3n) is 4.25. The van der Waals surface area contributed by atoms with Gasteiger partial charge in [-0.05, 0) is 67.1 Å². The van der Waals surface area contributed by atoms with E-state index in [0.29, 0.717) is 27.2 Å². The van der Waals surface area contributed by atoms with Gasteiger partial charge < -0.3 is 10.1 Å². The summed E-state index contributed by atoms with van der Waals surface area (Å²) in [7, 11) is -2.36. The van der Waals surface area contributed by atoms with E-state index in [0.717, 1.165) is 5.56 Å². The van der Waals surface area contributed by atoms with Crippen LogP contribution in [-0.2, 0) is 10.0 Å². The van der Waals surface area contributed by atoms with Crippen molar-refractivity contribution >= 4 is 50.5 Å². The number of hydrogen-bond acceptors (Lipinski definition) is 4. The molecule has 3 aromatic rings. The van der Waals surface area contributed by atoms with Crippen LogP contribution in [0.25, 0.3) is 0 Å². The molecule has 0 atom stereocenters. The number of aryl methyl sites for hydroxylation is 1. The van der Waals surface area contributed by atoms with E-state index in [1.54, 1.807) is 30.3 Å². The fourth-order valence-electron chi connectivity index (χ4n) is 2.64. The molecule has 0 heterocycles. The first-order chi connectivity index (χ1) is 14.2. The smallest absolute Gasteiger partial charge is 0.261 e. The second kappa shape index (κ2) is 8.95. The Balaban J connectivity index is 1.76. The van der Waals surface area contributed by atoms with Gasteiger partial charge in [0.2, 0.25) is 0 Å². The Bertz CT molecular complexity index is 1200. The fraction of sp³-hybridized carbons (Fsp3) is 0.0952. The summed E-state index contributed by atoms with van der Waals surface area (Å²) in [5, 5.41) is 3.55. The molecular weight excluding hydrogens is 447 g/mol. The minimum Gasteiger partial charge on any atom is -0.496 e. The SMILES string of the molecule is COc1ccc(Cl)cc1C(=O)Nc1ccc(S(=O)(=O)Nc2ccc(C)c(Cl)c2)cc1. The predicted molar refractivity (Wildman–Crippen MR) is 119 cm³/mol. The van der Waals surface area contributed by atoms with Crippen LogP contribution in [0.2, 0.25) is 10.0 Å². The molecule has 0 unspecified atom stereocenters. The van der Waals surface area contributed by atoms with Crippen LogP contribution < -0.4 is 14.8 Å². The molecule has 0 spiro atoms. The summed E-state index contributed by atoms with van der Waals surface area (Å²) < 4.78 is 32.9. The predicted octanol–water partition coefficient (Wildman–Crippen LogP) is 5.36. The standard InChI is InChI=1S/C21H18Cl2N2O4S/c1-13-3-5-16(12-19(13)23)25-30(27,28)17-8-6-15(7-9-17)24-21(26)18-11-14(22)4-10-20(18)29-2/h3-12,25H,1-2H3,(H,24,26). The molecule has 0 aliphatic rings. The van der Waals surface area contributed by atoms with Crippen molar-refractivity contribution in [2.45, 2.75) is 11.8 Å². The number of ether oxygens (including phenoxy) is 1. The number of nitrogens with one attached hydrogen (secondary N) is 2. The molecule has 3 rings (SSSR count). The van der Waals surface area contributed by atoms with E-state index < -0.39 is 15.9 Å². The van der Waals surface area contributed by atoms with Gasteiger partial charge in [0.1, 0.15) is 5.75 Å². The van der Waals surface area contributed by atoms with Gasteiger partial charge in [-0.2, -0.15) is 0 Å². The summed E-state index contributed by atoms with van der Waals surface area (Å²) in [6.45, 7) is 1.83. The molecule has 156 valence electrons. The van der Waals surface area contributed by atoms with Crippen molar-refractivity contribution in [2.24, 2.45) is 0 Å². The van der Waals surface area contributed by atoms with Crippen molar-refractivity contribution in [3.8, 4) is 5.75 Å². The number of methoxy groups -OCH3 is 1. The maximum Gasteiger partial charge on any atom is 0.261 e. The second-order valence-electron chi connectivity index (χ2n) is 6.39. The maximum atomic E-state index is 12.6. The van der Waals surface area contributed by atoms with E-state index in [9.17, 15) is 13.2 Å². The first kappa shape index (κ1) is 22.0. The van der Waals surface area contributed by atoms with Crippen LogP contribution in [0.1, 0.15) is 15.9 Å². The molecule has 0 saturated heterocycles. The second-order valence-corrected chi connectivity index (χ2v) is 8.92. The molecule has 0 aliphatic carbocycles. The summed E-state index contributed by atoms with van der Waals surface area (Å²) in [5.74, 6) is -0.0607. The lowest BCUT2D eigenvalue weighted by Gasteiger charge is -2.11. The van der Waals surface area contributed by atoms with Gasteiger partial charge in [0.15, 0.2) is 0 Å². The van der Waals surface area contributed by atoms with E-state index in [2.05, 4.69) is 10.0 Å².